The minimum atomic E-state index is -0.295. The van der Waals surface area contributed by atoms with Gasteiger partial charge in [0.25, 0.3) is 5.88 Å². The lowest BCUT2D eigenvalue weighted by molar-refractivity contribution is 0.278. The number of oxazole rings is 1. The van der Waals surface area contributed by atoms with Crippen molar-refractivity contribution in [3.8, 4) is 6.07 Å². The van der Waals surface area contributed by atoms with Gasteiger partial charge in [-0.15, -0.1) is 0 Å². The van der Waals surface area contributed by atoms with E-state index in [4.69, 9.17) is 4.42 Å². The van der Waals surface area contributed by atoms with Crippen LogP contribution >= 0.6 is 0 Å². The Morgan fingerprint density at radius 3 is 2.70 bits per heavy atom. The molecule has 1 aromatic heterocycles. The second-order valence-electron chi connectivity index (χ2n) is 7.12. The molecule has 2 aromatic rings. The SMILES string of the molecule is CCCCC1CCC(c2nc(C#N)c(N/N=C\c3ccc(F)cc3)o2)CC1. The van der Waals surface area contributed by atoms with Crippen molar-refractivity contribution in [2.45, 2.75) is 57.8 Å². The first-order valence-corrected chi connectivity index (χ1v) is 9.65. The number of rotatable bonds is 7. The fourth-order valence-electron chi connectivity index (χ4n) is 3.57. The summed E-state index contributed by atoms with van der Waals surface area (Å²) in [4.78, 5) is 4.36. The van der Waals surface area contributed by atoms with E-state index in [-0.39, 0.29) is 23.3 Å². The van der Waals surface area contributed by atoms with Gasteiger partial charge in [-0.05, 0) is 49.3 Å². The van der Waals surface area contributed by atoms with Crippen LogP contribution in [0, 0.1) is 23.1 Å². The molecular weight excluding hydrogens is 343 g/mol. The van der Waals surface area contributed by atoms with E-state index in [9.17, 15) is 9.65 Å². The van der Waals surface area contributed by atoms with Gasteiger partial charge in [-0.3, -0.25) is 0 Å². The van der Waals surface area contributed by atoms with Crippen LogP contribution in [-0.2, 0) is 0 Å². The first-order chi connectivity index (χ1) is 13.2. The fraction of sp³-hybridized carbons (Fsp3) is 0.476. The van der Waals surface area contributed by atoms with Gasteiger partial charge >= 0.3 is 0 Å². The van der Waals surface area contributed by atoms with Crippen molar-refractivity contribution in [1.82, 2.24) is 4.98 Å². The maximum Gasteiger partial charge on any atom is 0.252 e. The normalized spacial score (nSPS) is 19.9. The van der Waals surface area contributed by atoms with Crippen molar-refractivity contribution in [2.24, 2.45) is 11.0 Å². The number of hydrogen-bond acceptors (Lipinski definition) is 5. The highest BCUT2D eigenvalue weighted by Crippen LogP contribution is 2.38. The van der Waals surface area contributed by atoms with Crippen molar-refractivity contribution in [2.75, 3.05) is 5.43 Å². The van der Waals surface area contributed by atoms with E-state index in [2.05, 4.69) is 28.5 Å². The largest absolute Gasteiger partial charge is 0.422 e. The highest BCUT2D eigenvalue weighted by molar-refractivity contribution is 5.80. The molecule has 27 heavy (non-hydrogen) atoms. The molecule has 0 bridgehead atoms. The smallest absolute Gasteiger partial charge is 0.252 e. The zero-order valence-corrected chi connectivity index (χ0v) is 15.6. The van der Waals surface area contributed by atoms with Gasteiger partial charge in [0.05, 0.1) is 6.21 Å². The number of anilines is 1. The van der Waals surface area contributed by atoms with Crippen LogP contribution in [0.1, 0.15) is 74.9 Å². The Hall–Kier alpha value is -2.68. The summed E-state index contributed by atoms with van der Waals surface area (Å²) in [6.07, 6.45) is 9.90. The monoisotopic (exact) mass is 368 g/mol. The standard InChI is InChI=1S/C21H25FN4O/c1-2-3-4-15-5-9-17(10-6-15)20-25-19(13-23)21(27-20)26-24-14-16-7-11-18(22)12-8-16/h7-8,11-12,14-15,17,26H,2-6,9-10H2,1H3/b24-14-. The third-order valence-corrected chi connectivity index (χ3v) is 5.16. The lowest BCUT2D eigenvalue weighted by atomic mass is 9.80. The second kappa shape index (κ2) is 9.31. The quantitative estimate of drug-likeness (QED) is 0.510. The number of unbranched alkanes of at least 4 members (excludes halogenated alkanes) is 1. The van der Waals surface area contributed by atoms with Gasteiger partial charge < -0.3 is 4.42 Å². The summed E-state index contributed by atoms with van der Waals surface area (Å²) in [5.41, 5.74) is 3.71. The van der Waals surface area contributed by atoms with E-state index < -0.39 is 0 Å². The molecule has 5 nitrogen and oxygen atoms in total. The molecule has 0 atom stereocenters. The van der Waals surface area contributed by atoms with Crippen molar-refractivity contribution in [3.63, 3.8) is 0 Å². The van der Waals surface area contributed by atoms with Crippen LogP contribution in [0.2, 0.25) is 0 Å². The minimum Gasteiger partial charge on any atom is -0.422 e. The van der Waals surface area contributed by atoms with E-state index in [1.165, 1.54) is 44.2 Å². The molecule has 0 unspecified atom stereocenters. The van der Waals surface area contributed by atoms with E-state index in [1.54, 1.807) is 18.3 Å². The van der Waals surface area contributed by atoms with Gasteiger partial charge in [0.2, 0.25) is 11.6 Å². The molecule has 0 saturated heterocycles. The van der Waals surface area contributed by atoms with E-state index in [0.29, 0.717) is 5.89 Å². The van der Waals surface area contributed by atoms with E-state index in [0.717, 1.165) is 24.3 Å². The van der Waals surface area contributed by atoms with Gasteiger partial charge in [-0.2, -0.15) is 10.4 Å². The van der Waals surface area contributed by atoms with Gasteiger partial charge in [0.15, 0.2) is 0 Å². The predicted octanol–water partition coefficient (Wildman–Crippen LogP) is 5.60. The molecule has 1 aliphatic carbocycles. The Balaban J connectivity index is 1.60. The Kier molecular flexibility index (Phi) is 6.59. The van der Waals surface area contributed by atoms with Crippen LogP contribution < -0.4 is 5.43 Å². The average molecular weight is 368 g/mol. The number of halogens is 1. The van der Waals surface area contributed by atoms with Crippen LogP contribution in [0.3, 0.4) is 0 Å². The van der Waals surface area contributed by atoms with Crippen LogP contribution in [0.25, 0.3) is 0 Å². The molecule has 1 fully saturated rings. The second-order valence-corrected chi connectivity index (χ2v) is 7.12. The Morgan fingerprint density at radius 2 is 2.04 bits per heavy atom. The number of nitrogens with zero attached hydrogens (tertiary/aromatic N) is 3. The van der Waals surface area contributed by atoms with Gasteiger partial charge in [0.1, 0.15) is 11.9 Å². The molecule has 0 aliphatic heterocycles. The molecule has 142 valence electrons. The number of hydrogen-bond donors (Lipinski definition) is 1. The van der Waals surface area contributed by atoms with Crippen LogP contribution in [0.5, 0.6) is 0 Å². The molecule has 0 spiro atoms. The number of nitrogens with one attached hydrogen (secondary N) is 1. The molecule has 1 heterocycles. The molecule has 1 aromatic carbocycles. The summed E-state index contributed by atoms with van der Waals surface area (Å²) in [6, 6.07) is 8.03. The molecule has 1 aliphatic rings. The maximum atomic E-state index is 12.9. The summed E-state index contributed by atoms with van der Waals surface area (Å²) >= 11 is 0. The summed E-state index contributed by atoms with van der Waals surface area (Å²) in [6.45, 7) is 2.23. The van der Waals surface area contributed by atoms with Crippen molar-refractivity contribution < 1.29 is 8.81 Å². The van der Waals surface area contributed by atoms with Crippen molar-refractivity contribution in [3.05, 3.63) is 47.2 Å². The third kappa shape index (κ3) is 5.16. The number of nitriles is 1. The summed E-state index contributed by atoms with van der Waals surface area (Å²) in [5, 5.41) is 13.4. The molecule has 1 N–H and O–H groups in total. The Morgan fingerprint density at radius 1 is 1.30 bits per heavy atom. The molecule has 1 saturated carbocycles. The number of aromatic nitrogens is 1. The molecule has 3 rings (SSSR count). The number of benzene rings is 1. The van der Waals surface area contributed by atoms with Crippen molar-refractivity contribution in [1.29, 1.82) is 5.26 Å². The zero-order valence-electron chi connectivity index (χ0n) is 15.6. The third-order valence-electron chi connectivity index (χ3n) is 5.16. The van der Waals surface area contributed by atoms with Gasteiger partial charge in [0, 0.05) is 5.92 Å². The van der Waals surface area contributed by atoms with Gasteiger partial charge in [-0.1, -0.05) is 38.3 Å². The predicted molar refractivity (Wildman–Crippen MR) is 103 cm³/mol. The van der Waals surface area contributed by atoms with Crippen LogP contribution in [0.4, 0.5) is 10.3 Å². The van der Waals surface area contributed by atoms with E-state index in [1.807, 2.05) is 0 Å². The number of hydrazone groups is 1. The molecule has 0 amide bonds. The lowest BCUT2D eigenvalue weighted by Crippen LogP contribution is -2.13. The average Bonchev–Trinajstić information content (AvgIpc) is 3.11. The highest BCUT2D eigenvalue weighted by Gasteiger charge is 2.27. The summed E-state index contributed by atoms with van der Waals surface area (Å²) < 4.78 is 18.7. The van der Waals surface area contributed by atoms with Crippen LogP contribution in [-0.4, -0.2) is 11.2 Å². The van der Waals surface area contributed by atoms with E-state index >= 15 is 0 Å². The topological polar surface area (TPSA) is 74.2 Å². The van der Waals surface area contributed by atoms with Crippen molar-refractivity contribution >= 4 is 12.1 Å². The molecular formula is C21H25FN4O. The first-order valence-electron chi connectivity index (χ1n) is 9.65. The maximum absolute atomic E-state index is 12.9. The zero-order chi connectivity index (χ0) is 19.1. The van der Waals surface area contributed by atoms with Gasteiger partial charge in [-0.25, -0.2) is 14.8 Å². The van der Waals surface area contributed by atoms with Crippen LogP contribution in [0.15, 0.2) is 33.8 Å². The molecule has 6 heteroatoms. The lowest BCUT2D eigenvalue weighted by Gasteiger charge is -2.26. The first kappa shape index (κ1) is 19.1. The Labute approximate surface area is 159 Å². The summed E-state index contributed by atoms with van der Waals surface area (Å²) in [5.74, 6) is 1.67. The highest BCUT2D eigenvalue weighted by atomic mass is 19.1. The Bertz CT molecular complexity index is 799. The fourth-order valence-corrected chi connectivity index (χ4v) is 3.57. The molecule has 0 radical (unpaired) electrons. The summed E-state index contributed by atoms with van der Waals surface area (Å²) in [7, 11) is 0. The minimum absolute atomic E-state index is 0.217.